The zero-order chi connectivity index (χ0) is 24.5. The lowest BCUT2D eigenvalue weighted by Gasteiger charge is -2.27. The molecule has 1 aliphatic rings. The van der Waals surface area contributed by atoms with Crippen LogP contribution in [-0.2, 0) is 4.79 Å². The maximum Gasteiger partial charge on any atom is 0.261 e. The van der Waals surface area contributed by atoms with Crippen LogP contribution in [0.15, 0.2) is 60.0 Å². The van der Waals surface area contributed by atoms with Gasteiger partial charge in [0, 0.05) is 40.4 Å². The molecule has 3 aromatic carbocycles. The number of hydrogen-bond acceptors (Lipinski definition) is 6. The Balaban J connectivity index is 1.20. The number of imide groups is 1. The number of carbonyl (C=O) groups is 3. The number of benzene rings is 3. The summed E-state index contributed by atoms with van der Waals surface area (Å²) in [6.07, 6.45) is 0.486. The van der Waals surface area contributed by atoms with Gasteiger partial charge in [0.2, 0.25) is 5.91 Å². The Kier molecular flexibility index (Phi) is 6.23. The minimum Gasteiger partial charge on any atom is -0.495 e. The normalized spacial score (nSPS) is 12.8. The molecular formula is C26H20ClN3O4S. The Hall–Kier alpha value is -3.75. The molecule has 0 spiro atoms. The van der Waals surface area contributed by atoms with E-state index in [-0.39, 0.29) is 30.7 Å². The van der Waals surface area contributed by atoms with Crippen LogP contribution in [0.1, 0.15) is 33.6 Å². The van der Waals surface area contributed by atoms with Gasteiger partial charge < -0.3 is 10.1 Å². The van der Waals surface area contributed by atoms with Crippen molar-refractivity contribution in [1.29, 1.82) is 0 Å². The molecule has 35 heavy (non-hydrogen) atoms. The van der Waals surface area contributed by atoms with Crippen LogP contribution in [0.25, 0.3) is 22.0 Å². The van der Waals surface area contributed by atoms with Crippen LogP contribution in [0.3, 0.4) is 0 Å². The van der Waals surface area contributed by atoms with E-state index in [0.717, 1.165) is 10.9 Å². The Labute approximate surface area is 210 Å². The molecule has 2 heterocycles. The summed E-state index contributed by atoms with van der Waals surface area (Å²) in [6.45, 7) is 0.156. The molecule has 1 aliphatic heterocycles. The van der Waals surface area contributed by atoms with E-state index in [2.05, 4.69) is 10.3 Å². The third kappa shape index (κ3) is 4.38. The van der Waals surface area contributed by atoms with Gasteiger partial charge in [-0.15, -0.1) is 11.3 Å². The third-order valence-corrected chi connectivity index (χ3v) is 6.89. The number of thiazole rings is 1. The number of halogens is 1. The number of nitrogens with one attached hydrogen (secondary N) is 1. The topological polar surface area (TPSA) is 88.6 Å². The zero-order valence-corrected chi connectivity index (χ0v) is 20.3. The number of rotatable bonds is 7. The maximum absolute atomic E-state index is 13.0. The Morgan fingerprint density at radius 2 is 1.80 bits per heavy atom. The summed E-state index contributed by atoms with van der Waals surface area (Å²) in [5, 5.41) is 7.10. The Morgan fingerprint density at radius 3 is 2.46 bits per heavy atom. The van der Waals surface area contributed by atoms with E-state index in [1.165, 1.54) is 16.2 Å². The molecule has 0 bridgehead atoms. The quantitative estimate of drug-likeness (QED) is 0.328. The van der Waals surface area contributed by atoms with E-state index in [1.54, 1.807) is 31.4 Å². The molecule has 5 rings (SSSR count). The zero-order valence-electron chi connectivity index (χ0n) is 18.7. The van der Waals surface area contributed by atoms with Crippen LogP contribution in [0, 0.1) is 0 Å². The van der Waals surface area contributed by atoms with Gasteiger partial charge in [0.05, 0.1) is 17.8 Å². The first-order chi connectivity index (χ1) is 17.0. The first kappa shape index (κ1) is 23.0. The van der Waals surface area contributed by atoms with Crippen molar-refractivity contribution in [3.8, 4) is 17.0 Å². The van der Waals surface area contributed by atoms with Gasteiger partial charge in [-0.1, -0.05) is 35.9 Å². The first-order valence-electron chi connectivity index (χ1n) is 10.9. The predicted octanol–water partition coefficient (Wildman–Crippen LogP) is 5.64. The lowest BCUT2D eigenvalue weighted by Crippen LogP contribution is -2.41. The number of anilines is 1. The van der Waals surface area contributed by atoms with Gasteiger partial charge in [-0.2, -0.15) is 0 Å². The van der Waals surface area contributed by atoms with Crippen LogP contribution >= 0.6 is 22.9 Å². The van der Waals surface area contributed by atoms with Gasteiger partial charge >= 0.3 is 0 Å². The van der Waals surface area contributed by atoms with Crippen molar-refractivity contribution in [2.45, 2.75) is 12.8 Å². The second-order valence-corrected chi connectivity index (χ2v) is 9.28. The largest absolute Gasteiger partial charge is 0.495 e. The molecule has 9 heteroatoms. The standard InChI is InChI=1S/C26H20ClN3O4S/c1-34-21-11-10-16(13-19(21)27)20-14-35-26(28-20)29-22(31)9-4-12-30-24(32)17-7-2-5-15-6-3-8-18(23(15)17)25(30)33/h2-3,5-8,10-11,13-14H,4,9,12H2,1H3,(H,28,29,31). The Morgan fingerprint density at radius 1 is 1.09 bits per heavy atom. The van der Waals surface area contributed by atoms with Crippen molar-refractivity contribution in [2.75, 3.05) is 19.0 Å². The van der Waals surface area contributed by atoms with Crippen LogP contribution in [0.5, 0.6) is 5.75 Å². The third-order valence-electron chi connectivity index (χ3n) is 5.84. The number of aromatic nitrogens is 1. The number of methoxy groups -OCH3 is 1. The summed E-state index contributed by atoms with van der Waals surface area (Å²) in [5.74, 6) is -0.326. The minimum atomic E-state index is -0.331. The highest BCUT2D eigenvalue weighted by Gasteiger charge is 2.32. The van der Waals surface area contributed by atoms with Crippen molar-refractivity contribution < 1.29 is 19.1 Å². The molecule has 1 N–H and O–H groups in total. The second-order valence-electron chi connectivity index (χ2n) is 8.01. The van der Waals surface area contributed by atoms with E-state index >= 15 is 0 Å². The van der Waals surface area contributed by atoms with Crippen LogP contribution in [0.4, 0.5) is 5.13 Å². The van der Waals surface area contributed by atoms with Crippen molar-refractivity contribution in [3.05, 3.63) is 76.1 Å². The molecule has 0 saturated heterocycles. The van der Waals surface area contributed by atoms with Crippen LogP contribution in [0.2, 0.25) is 5.02 Å². The lowest BCUT2D eigenvalue weighted by atomic mass is 9.94. The minimum absolute atomic E-state index is 0.145. The first-order valence-corrected chi connectivity index (χ1v) is 12.2. The molecule has 0 saturated carbocycles. The fourth-order valence-corrected chi connectivity index (χ4v) is 5.15. The monoisotopic (exact) mass is 505 g/mol. The molecule has 176 valence electrons. The second kappa shape index (κ2) is 9.48. The lowest BCUT2D eigenvalue weighted by molar-refractivity contribution is -0.116. The van der Waals surface area contributed by atoms with E-state index in [9.17, 15) is 14.4 Å². The highest BCUT2D eigenvalue weighted by atomic mass is 35.5. The van der Waals surface area contributed by atoms with E-state index < -0.39 is 0 Å². The van der Waals surface area contributed by atoms with Crippen molar-refractivity contribution >= 4 is 56.6 Å². The summed E-state index contributed by atoms with van der Waals surface area (Å²) < 4.78 is 5.17. The van der Waals surface area contributed by atoms with Crippen molar-refractivity contribution in [3.63, 3.8) is 0 Å². The van der Waals surface area contributed by atoms with Crippen molar-refractivity contribution in [2.24, 2.45) is 0 Å². The number of amides is 3. The van der Waals surface area contributed by atoms with Crippen LogP contribution < -0.4 is 10.1 Å². The van der Waals surface area contributed by atoms with Crippen molar-refractivity contribution in [1.82, 2.24) is 9.88 Å². The van der Waals surface area contributed by atoms with E-state index in [4.69, 9.17) is 16.3 Å². The molecule has 0 atom stereocenters. The SMILES string of the molecule is COc1ccc(-c2csc(NC(=O)CCCN3C(=O)c4cccc5cccc(c45)C3=O)n2)cc1Cl. The number of nitrogens with zero attached hydrogens (tertiary/aromatic N) is 2. The van der Waals surface area contributed by atoms with Gasteiger partial charge in [-0.05, 0) is 42.1 Å². The highest BCUT2D eigenvalue weighted by Crippen LogP contribution is 2.32. The molecular weight excluding hydrogens is 486 g/mol. The molecule has 0 fully saturated rings. The van der Waals surface area contributed by atoms with Gasteiger partial charge in [0.15, 0.2) is 5.13 Å². The molecule has 7 nitrogen and oxygen atoms in total. The predicted molar refractivity (Wildman–Crippen MR) is 136 cm³/mol. The average Bonchev–Trinajstić information content (AvgIpc) is 3.32. The average molecular weight is 506 g/mol. The summed E-state index contributed by atoms with van der Waals surface area (Å²) >= 11 is 7.50. The fraction of sp³-hybridized carbons (Fsp3) is 0.154. The Bertz CT molecular complexity index is 1430. The summed E-state index contributed by atoms with van der Waals surface area (Å²) in [7, 11) is 1.55. The van der Waals surface area contributed by atoms with E-state index in [1.807, 2.05) is 35.7 Å². The molecule has 0 unspecified atom stereocenters. The molecule has 1 aromatic heterocycles. The maximum atomic E-state index is 13.0. The summed E-state index contributed by atoms with van der Waals surface area (Å²) in [6, 6.07) is 16.2. The molecule has 3 amide bonds. The van der Waals surface area contributed by atoms with Gasteiger partial charge in [-0.3, -0.25) is 19.3 Å². The molecule has 0 aliphatic carbocycles. The van der Waals surface area contributed by atoms with Gasteiger partial charge in [0.1, 0.15) is 5.75 Å². The molecule has 4 aromatic rings. The highest BCUT2D eigenvalue weighted by molar-refractivity contribution is 7.14. The number of carbonyl (C=O) groups excluding carboxylic acids is 3. The van der Waals surface area contributed by atoms with E-state index in [0.29, 0.717) is 44.5 Å². The smallest absolute Gasteiger partial charge is 0.261 e. The summed E-state index contributed by atoms with van der Waals surface area (Å²) in [5.41, 5.74) is 2.52. The van der Waals surface area contributed by atoms with Gasteiger partial charge in [-0.25, -0.2) is 4.98 Å². The number of ether oxygens (including phenoxy) is 1. The fourth-order valence-electron chi connectivity index (χ4n) is 4.15. The van der Waals surface area contributed by atoms with Gasteiger partial charge in [0.25, 0.3) is 11.8 Å². The van der Waals surface area contributed by atoms with Crippen LogP contribution in [-0.4, -0.2) is 41.3 Å². The molecule has 0 radical (unpaired) electrons. The summed E-state index contributed by atoms with van der Waals surface area (Å²) in [4.78, 5) is 44.1. The number of hydrogen-bond donors (Lipinski definition) is 1.